The maximum absolute atomic E-state index is 11.9. The average Bonchev–Trinajstić information content (AvgIpc) is 2.35. The predicted octanol–water partition coefficient (Wildman–Crippen LogP) is 2.41. The molecule has 1 rings (SSSR count). The first-order valence-electron chi connectivity index (χ1n) is 6.51. The van der Waals surface area contributed by atoms with Crippen LogP contribution in [0.4, 0.5) is 0 Å². The van der Waals surface area contributed by atoms with E-state index in [0.717, 1.165) is 5.56 Å². The molecular formula is C15H22ClNO3. The van der Waals surface area contributed by atoms with E-state index in [0.29, 0.717) is 10.8 Å². The van der Waals surface area contributed by atoms with E-state index in [1.165, 1.54) is 0 Å². The van der Waals surface area contributed by atoms with Crippen molar-refractivity contribution in [3.8, 4) is 5.75 Å². The largest absolute Gasteiger partial charge is 0.496 e. The van der Waals surface area contributed by atoms with Gasteiger partial charge in [0.15, 0.2) is 0 Å². The zero-order chi connectivity index (χ0) is 15.3. The molecule has 2 N–H and O–H groups in total. The normalized spacial score (nSPS) is 12.9. The molecule has 0 aliphatic carbocycles. The van der Waals surface area contributed by atoms with Crippen molar-refractivity contribution in [2.75, 3.05) is 13.7 Å². The minimum Gasteiger partial charge on any atom is -0.496 e. The zero-order valence-electron chi connectivity index (χ0n) is 12.4. The molecule has 0 bridgehead atoms. The molecule has 0 aliphatic heterocycles. The number of hydrogen-bond donors (Lipinski definition) is 2. The Morgan fingerprint density at radius 3 is 2.65 bits per heavy atom. The minimum absolute atomic E-state index is 0.167. The lowest BCUT2D eigenvalue weighted by Crippen LogP contribution is -2.39. The van der Waals surface area contributed by atoms with Crippen LogP contribution in [0, 0.1) is 5.41 Å². The average molecular weight is 300 g/mol. The van der Waals surface area contributed by atoms with Crippen molar-refractivity contribution in [2.24, 2.45) is 5.41 Å². The number of amides is 1. The first-order valence-corrected chi connectivity index (χ1v) is 6.89. The van der Waals surface area contributed by atoms with Gasteiger partial charge < -0.3 is 15.2 Å². The van der Waals surface area contributed by atoms with Crippen LogP contribution in [-0.2, 0) is 11.2 Å². The van der Waals surface area contributed by atoms with Gasteiger partial charge in [-0.15, -0.1) is 0 Å². The quantitative estimate of drug-likeness (QED) is 0.878. The summed E-state index contributed by atoms with van der Waals surface area (Å²) in [6.07, 6.45) is -0.423. The Bertz CT molecular complexity index is 469. The summed E-state index contributed by atoms with van der Waals surface area (Å²) in [6, 6.07) is 5.15. The second-order valence-electron chi connectivity index (χ2n) is 5.82. The number of rotatable bonds is 5. The van der Waals surface area contributed by atoms with Crippen LogP contribution in [0.2, 0.25) is 5.02 Å². The highest BCUT2D eigenvalue weighted by molar-refractivity contribution is 6.30. The van der Waals surface area contributed by atoms with E-state index in [4.69, 9.17) is 16.3 Å². The van der Waals surface area contributed by atoms with Crippen molar-refractivity contribution in [1.82, 2.24) is 5.32 Å². The molecule has 20 heavy (non-hydrogen) atoms. The van der Waals surface area contributed by atoms with Crippen molar-refractivity contribution < 1.29 is 14.6 Å². The summed E-state index contributed by atoms with van der Waals surface area (Å²) >= 11 is 5.92. The van der Waals surface area contributed by atoms with Crippen LogP contribution in [0.15, 0.2) is 18.2 Å². The van der Waals surface area contributed by atoms with Crippen LogP contribution < -0.4 is 10.1 Å². The van der Waals surface area contributed by atoms with E-state index in [1.54, 1.807) is 25.3 Å². The smallest absolute Gasteiger partial charge is 0.224 e. The third-order valence-electron chi connectivity index (χ3n) is 3.09. The highest BCUT2D eigenvalue weighted by Crippen LogP contribution is 2.23. The molecule has 1 atom stereocenters. The van der Waals surface area contributed by atoms with E-state index in [2.05, 4.69) is 5.32 Å². The van der Waals surface area contributed by atoms with Gasteiger partial charge in [0, 0.05) is 17.1 Å². The van der Waals surface area contributed by atoms with Gasteiger partial charge in [-0.1, -0.05) is 32.4 Å². The van der Waals surface area contributed by atoms with Gasteiger partial charge in [0.2, 0.25) is 5.91 Å². The van der Waals surface area contributed by atoms with Crippen molar-refractivity contribution in [3.05, 3.63) is 28.8 Å². The van der Waals surface area contributed by atoms with Crippen LogP contribution in [0.5, 0.6) is 5.75 Å². The van der Waals surface area contributed by atoms with E-state index < -0.39 is 6.10 Å². The minimum atomic E-state index is -0.590. The molecule has 112 valence electrons. The Morgan fingerprint density at radius 2 is 2.10 bits per heavy atom. The van der Waals surface area contributed by atoms with Gasteiger partial charge in [0.1, 0.15) is 5.75 Å². The zero-order valence-corrected chi connectivity index (χ0v) is 13.1. The first-order chi connectivity index (χ1) is 9.24. The van der Waals surface area contributed by atoms with Crippen molar-refractivity contribution in [1.29, 1.82) is 0 Å². The third kappa shape index (κ3) is 5.02. The highest BCUT2D eigenvalue weighted by atomic mass is 35.5. The van der Waals surface area contributed by atoms with E-state index in [9.17, 15) is 9.90 Å². The van der Waals surface area contributed by atoms with Gasteiger partial charge in [0.05, 0.1) is 19.6 Å². The molecule has 0 radical (unpaired) electrons. The SMILES string of the molecule is COc1ccc(Cl)cc1CC(=O)NCC(O)C(C)(C)C. The fourth-order valence-electron chi connectivity index (χ4n) is 1.64. The maximum atomic E-state index is 11.9. The molecule has 1 unspecified atom stereocenters. The number of aliphatic hydroxyl groups excluding tert-OH is 1. The van der Waals surface area contributed by atoms with Gasteiger partial charge >= 0.3 is 0 Å². The van der Waals surface area contributed by atoms with Crippen molar-refractivity contribution >= 4 is 17.5 Å². The monoisotopic (exact) mass is 299 g/mol. The molecule has 1 amide bonds. The van der Waals surface area contributed by atoms with E-state index in [1.807, 2.05) is 20.8 Å². The lowest BCUT2D eigenvalue weighted by atomic mass is 9.89. The lowest BCUT2D eigenvalue weighted by Gasteiger charge is -2.25. The topological polar surface area (TPSA) is 58.6 Å². The second-order valence-corrected chi connectivity index (χ2v) is 6.26. The summed E-state index contributed by atoms with van der Waals surface area (Å²) in [6.45, 7) is 5.99. The number of carbonyl (C=O) groups excluding carboxylic acids is 1. The number of nitrogens with one attached hydrogen (secondary N) is 1. The van der Waals surface area contributed by atoms with Crippen molar-refractivity contribution in [2.45, 2.75) is 33.3 Å². The second kappa shape index (κ2) is 6.95. The van der Waals surface area contributed by atoms with E-state index in [-0.39, 0.29) is 24.3 Å². The molecule has 0 aliphatic rings. The van der Waals surface area contributed by atoms with Crippen LogP contribution in [0.25, 0.3) is 0 Å². The molecule has 0 spiro atoms. The number of ether oxygens (including phenoxy) is 1. The molecule has 4 nitrogen and oxygen atoms in total. The number of carbonyl (C=O) groups is 1. The maximum Gasteiger partial charge on any atom is 0.224 e. The standard InChI is InChI=1S/C15H22ClNO3/c1-15(2,3)13(18)9-17-14(19)8-10-7-11(16)5-6-12(10)20-4/h5-7,13,18H,8-9H2,1-4H3,(H,17,19). The molecule has 1 aromatic rings. The Kier molecular flexibility index (Phi) is 5.84. The molecular weight excluding hydrogens is 278 g/mol. The molecule has 5 heteroatoms. The summed E-state index contributed by atoms with van der Waals surface area (Å²) in [5, 5.41) is 13.2. The molecule has 0 aromatic heterocycles. The Labute approximate surface area is 125 Å². The summed E-state index contributed by atoms with van der Waals surface area (Å²) in [4.78, 5) is 11.9. The lowest BCUT2D eigenvalue weighted by molar-refractivity contribution is -0.121. The highest BCUT2D eigenvalue weighted by Gasteiger charge is 2.22. The van der Waals surface area contributed by atoms with Gasteiger partial charge in [-0.25, -0.2) is 0 Å². The number of benzene rings is 1. The fraction of sp³-hybridized carbons (Fsp3) is 0.533. The first kappa shape index (κ1) is 16.8. The fourth-order valence-corrected chi connectivity index (χ4v) is 1.83. The molecule has 0 saturated carbocycles. The van der Waals surface area contributed by atoms with Gasteiger partial charge in [-0.3, -0.25) is 4.79 Å². The van der Waals surface area contributed by atoms with Crippen LogP contribution >= 0.6 is 11.6 Å². The molecule has 0 saturated heterocycles. The molecule has 0 heterocycles. The number of aliphatic hydroxyl groups is 1. The summed E-state index contributed by atoms with van der Waals surface area (Å²) in [7, 11) is 1.55. The molecule has 1 aromatic carbocycles. The Hall–Kier alpha value is -1.26. The van der Waals surface area contributed by atoms with Gasteiger partial charge in [-0.05, 0) is 23.6 Å². The summed E-state index contributed by atoms with van der Waals surface area (Å²) in [5.41, 5.74) is 0.462. The number of hydrogen-bond acceptors (Lipinski definition) is 3. The number of methoxy groups -OCH3 is 1. The summed E-state index contributed by atoms with van der Waals surface area (Å²) in [5.74, 6) is 0.454. The number of halogens is 1. The van der Waals surface area contributed by atoms with Gasteiger partial charge in [-0.2, -0.15) is 0 Å². The predicted molar refractivity (Wildman–Crippen MR) is 80.2 cm³/mol. The van der Waals surface area contributed by atoms with Crippen LogP contribution in [0.3, 0.4) is 0 Å². The van der Waals surface area contributed by atoms with Crippen molar-refractivity contribution in [3.63, 3.8) is 0 Å². The van der Waals surface area contributed by atoms with Crippen LogP contribution in [-0.4, -0.2) is 30.8 Å². The molecule has 0 fully saturated rings. The van der Waals surface area contributed by atoms with Crippen LogP contribution in [0.1, 0.15) is 26.3 Å². The Balaban J connectivity index is 2.61. The Morgan fingerprint density at radius 1 is 1.45 bits per heavy atom. The summed E-state index contributed by atoms with van der Waals surface area (Å²) < 4.78 is 5.19. The van der Waals surface area contributed by atoms with E-state index >= 15 is 0 Å². The third-order valence-corrected chi connectivity index (χ3v) is 3.32. The van der Waals surface area contributed by atoms with Gasteiger partial charge in [0.25, 0.3) is 0 Å².